The van der Waals surface area contributed by atoms with Crippen LogP contribution in [0.15, 0.2) is 12.1 Å². The van der Waals surface area contributed by atoms with Crippen molar-refractivity contribution in [3.63, 3.8) is 0 Å². The Morgan fingerprint density at radius 3 is 2.73 bits per heavy atom. The molecular formula is C10H5BrINO2. The quantitative estimate of drug-likeness (QED) is 0.352. The summed E-state index contributed by atoms with van der Waals surface area (Å²) in [5.74, 6) is -0.111. The molecule has 1 rings (SSSR count). The molecule has 0 N–H and O–H groups in total. The van der Waals surface area contributed by atoms with E-state index in [0.29, 0.717) is 21.0 Å². The highest BCUT2D eigenvalue weighted by molar-refractivity contribution is 14.1. The first-order valence-electron chi connectivity index (χ1n) is 3.92. The SMILES string of the molecule is N#Cc1c(I)cc(C(=O)CBr)cc1C=O. The zero-order valence-electron chi connectivity index (χ0n) is 7.46. The molecule has 0 aliphatic heterocycles. The van der Waals surface area contributed by atoms with Crippen LogP contribution in [0.5, 0.6) is 0 Å². The third kappa shape index (κ3) is 2.63. The van der Waals surface area contributed by atoms with Crippen LogP contribution in [0.2, 0.25) is 0 Å². The van der Waals surface area contributed by atoms with Crippen LogP contribution in [0.3, 0.4) is 0 Å². The van der Waals surface area contributed by atoms with Crippen LogP contribution < -0.4 is 0 Å². The van der Waals surface area contributed by atoms with Crippen molar-refractivity contribution in [2.75, 3.05) is 5.33 Å². The third-order valence-corrected chi connectivity index (χ3v) is 3.16. The molecule has 1 aromatic carbocycles. The van der Waals surface area contributed by atoms with Gasteiger partial charge in [-0.3, -0.25) is 9.59 Å². The molecule has 0 amide bonds. The van der Waals surface area contributed by atoms with Gasteiger partial charge in [0.05, 0.1) is 10.9 Å². The molecule has 0 aromatic heterocycles. The van der Waals surface area contributed by atoms with Crippen LogP contribution in [-0.2, 0) is 0 Å². The zero-order chi connectivity index (χ0) is 11.4. The number of hydrogen-bond acceptors (Lipinski definition) is 3. The fourth-order valence-electron chi connectivity index (χ4n) is 1.08. The van der Waals surface area contributed by atoms with Gasteiger partial charge in [0.1, 0.15) is 6.07 Å². The van der Waals surface area contributed by atoms with Crippen LogP contribution in [0, 0.1) is 14.9 Å². The number of nitriles is 1. The van der Waals surface area contributed by atoms with Crippen molar-refractivity contribution >= 4 is 50.6 Å². The molecule has 5 heteroatoms. The molecule has 0 saturated carbocycles. The van der Waals surface area contributed by atoms with E-state index in [2.05, 4.69) is 15.9 Å². The molecular weight excluding hydrogens is 373 g/mol. The highest BCUT2D eigenvalue weighted by atomic mass is 127. The Hall–Kier alpha value is -0.740. The first kappa shape index (κ1) is 12.3. The largest absolute Gasteiger partial charge is 0.298 e. The van der Waals surface area contributed by atoms with Crippen molar-refractivity contribution in [2.45, 2.75) is 0 Å². The van der Waals surface area contributed by atoms with E-state index >= 15 is 0 Å². The lowest BCUT2D eigenvalue weighted by Crippen LogP contribution is -2.03. The number of alkyl halides is 1. The molecule has 76 valence electrons. The smallest absolute Gasteiger partial charge is 0.173 e. The third-order valence-electron chi connectivity index (χ3n) is 1.80. The lowest BCUT2D eigenvalue weighted by atomic mass is 10.0. The van der Waals surface area contributed by atoms with Crippen LogP contribution in [0.4, 0.5) is 0 Å². The maximum atomic E-state index is 11.4. The summed E-state index contributed by atoms with van der Waals surface area (Å²) in [6, 6.07) is 4.99. The Labute approximate surface area is 109 Å². The predicted octanol–water partition coefficient (Wildman–Crippen LogP) is 2.55. The van der Waals surface area contributed by atoms with Crippen molar-refractivity contribution in [1.29, 1.82) is 5.26 Å². The minimum Gasteiger partial charge on any atom is -0.298 e. The van der Waals surface area contributed by atoms with Crippen LogP contribution in [-0.4, -0.2) is 17.4 Å². The number of nitrogens with zero attached hydrogens (tertiary/aromatic N) is 1. The second-order valence-corrected chi connectivity index (χ2v) is 4.43. The lowest BCUT2D eigenvalue weighted by molar-refractivity contribution is 0.102. The summed E-state index contributed by atoms with van der Waals surface area (Å²) in [5.41, 5.74) is 1.02. The van der Waals surface area contributed by atoms with Gasteiger partial charge in [-0.25, -0.2) is 0 Å². The summed E-state index contributed by atoms with van der Waals surface area (Å²) in [7, 11) is 0. The minimum atomic E-state index is -0.111. The van der Waals surface area contributed by atoms with Gasteiger partial charge in [-0.1, -0.05) is 15.9 Å². The molecule has 0 unspecified atom stereocenters. The second kappa shape index (κ2) is 5.37. The summed E-state index contributed by atoms with van der Waals surface area (Å²) in [6.07, 6.45) is 0.589. The van der Waals surface area contributed by atoms with Crippen molar-refractivity contribution in [3.05, 3.63) is 32.4 Å². The average Bonchev–Trinajstić information content (AvgIpc) is 2.26. The summed E-state index contributed by atoms with van der Waals surface area (Å²) >= 11 is 4.99. The molecule has 0 aliphatic carbocycles. The van der Waals surface area contributed by atoms with Crippen LogP contribution >= 0.6 is 38.5 Å². The maximum Gasteiger partial charge on any atom is 0.173 e. The Morgan fingerprint density at radius 2 is 2.27 bits per heavy atom. The molecule has 0 spiro atoms. The van der Waals surface area contributed by atoms with E-state index in [9.17, 15) is 9.59 Å². The first-order valence-corrected chi connectivity index (χ1v) is 6.12. The number of carbonyl (C=O) groups excluding carboxylic acids is 2. The predicted molar refractivity (Wildman–Crippen MR) is 67.4 cm³/mol. The van der Waals surface area contributed by atoms with Gasteiger partial charge in [0.25, 0.3) is 0 Å². The Balaban J connectivity index is 3.39. The molecule has 0 heterocycles. The van der Waals surface area contributed by atoms with Gasteiger partial charge in [0.15, 0.2) is 12.1 Å². The van der Waals surface area contributed by atoms with E-state index in [1.165, 1.54) is 6.07 Å². The fourth-order valence-corrected chi connectivity index (χ4v) is 2.17. The summed E-state index contributed by atoms with van der Waals surface area (Å²) in [4.78, 5) is 22.1. The van der Waals surface area contributed by atoms with Crippen molar-refractivity contribution < 1.29 is 9.59 Å². The van der Waals surface area contributed by atoms with E-state index < -0.39 is 0 Å². The topological polar surface area (TPSA) is 57.9 Å². The molecule has 0 aliphatic rings. The normalized spacial score (nSPS) is 9.40. The zero-order valence-corrected chi connectivity index (χ0v) is 11.2. The maximum absolute atomic E-state index is 11.4. The second-order valence-electron chi connectivity index (χ2n) is 2.71. The van der Waals surface area contributed by atoms with Crippen molar-refractivity contribution in [2.24, 2.45) is 0 Å². The summed E-state index contributed by atoms with van der Waals surface area (Å²) in [6.45, 7) is 0. The number of carbonyl (C=O) groups is 2. The van der Waals surface area contributed by atoms with Gasteiger partial charge >= 0.3 is 0 Å². The van der Waals surface area contributed by atoms with Crippen molar-refractivity contribution in [3.8, 4) is 6.07 Å². The van der Waals surface area contributed by atoms with Gasteiger partial charge in [0.2, 0.25) is 0 Å². The molecule has 0 atom stereocenters. The van der Waals surface area contributed by atoms with Gasteiger partial charge < -0.3 is 0 Å². The average molecular weight is 378 g/mol. The summed E-state index contributed by atoms with van der Waals surface area (Å²) < 4.78 is 0.615. The molecule has 15 heavy (non-hydrogen) atoms. The molecule has 0 bridgehead atoms. The van der Waals surface area contributed by atoms with Crippen LogP contribution in [0.25, 0.3) is 0 Å². The molecule has 0 radical (unpaired) electrons. The lowest BCUT2D eigenvalue weighted by Gasteiger charge is -2.03. The van der Waals surface area contributed by atoms with Gasteiger partial charge in [-0.05, 0) is 34.7 Å². The molecule has 0 saturated heterocycles. The summed E-state index contributed by atoms with van der Waals surface area (Å²) in [5, 5.41) is 9.01. The Morgan fingerprint density at radius 1 is 1.60 bits per heavy atom. The Bertz CT molecular complexity index is 465. The van der Waals surface area contributed by atoms with E-state index in [4.69, 9.17) is 5.26 Å². The number of rotatable bonds is 3. The number of benzene rings is 1. The number of ketones is 1. The van der Waals surface area contributed by atoms with Gasteiger partial charge in [0, 0.05) is 14.7 Å². The number of aldehydes is 1. The Kier molecular flexibility index (Phi) is 4.42. The van der Waals surface area contributed by atoms with Gasteiger partial charge in [-0.2, -0.15) is 5.26 Å². The van der Waals surface area contributed by atoms with E-state index in [0.717, 1.165) is 0 Å². The minimum absolute atomic E-state index is 0.111. The van der Waals surface area contributed by atoms with E-state index in [-0.39, 0.29) is 16.7 Å². The standard InChI is InChI=1S/C10H5BrINO2/c11-3-10(15)6-1-7(5-14)8(4-13)9(12)2-6/h1-2,5H,3H2. The molecule has 1 aromatic rings. The highest BCUT2D eigenvalue weighted by Gasteiger charge is 2.12. The van der Waals surface area contributed by atoms with E-state index in [1.807, 2.05) is 28.7 Å². The molecule has 3 nitrogen and oxygen atoms in total. The van der Waals surface area contributed by atoms with E-state index in [1.54, 1.807) is 6.07 Å². The highest BCUT2D eigenvalue weighted by Crippen LogP contribution is 2.18. The van der Waals surface area contributed by atoms with Gasteiger partial charge in [-0.15, -0.1) is 0 Å². The van der Waals surface area contributed by atoms with Crippen molar-refractivity contribution in [1.82, 2.24) is 0 Å². The molecule has 0 fully saturated rings. The number of hydrogen-bond donors (Lipinski definition) is 0. The first-order chi connectivity index (χ1) is 7.13. The number of Topliss-reactive ketones (excluding diaryl/α,β-unsaturated/α-hetero) is 1. The fraction of sp³-hybridized carbons (Fsp3) is 0.100. The number of halogens is 2. The van der Waals surface area contributed by atoms with Crippen LogP contribution in [0.1, 0.15) is 26.3 Å². The monoisotopic (exact) mass is 377 g/mol.